The number of carbonyl (C=O) groups excluding carboxylic acids is 2. The van der Waals surface area contributed by atoms with Gasteiger partial charge in [-0.3, -0.25) is 9.59 Å². The number of amides is 2. The molecule has 0 bridgehead atoms. The van der Waals surface area contributed by atoms with Gasteiger partial charge in [0.1, 0.15) is 5.82 Å². The van der Waals surface area contributed by atoms with Gasteiger partial charge in [0.05, 0.1) is 29.5 Å². The summed E-state index contributed by atoms with van der Waals surface area (Å²) in [6.07, 6.45) is 0.0380. The highest BCUT2D eigenvalue weighted by Gasteiger charge is 2.40. The number of nitrogens with zero attached hydrogens (tertiary/aromatic N) is 2. The standard InChI is InChI=1S/C22H23ClF2N2O5S/c1-3-8-33(30,31)27(16-5-7-20(32-2)19(25)11-16)22(29)15-10-21(28)26(13-15)12-14-4-6-18(24)17(23)9-14/h4-7,9,11,15H,3,8,10,12-13H2,1-2H3. The van der Waals surface area contributed by atoms with Gasteiger partial charge in [0.15, 0.2) is 11.6 Å². The van der Waals surface area contributed by atoms with Crippen LogP contribution < -0.4 is 9.04 Å². The molecule has 0 spiro atoms. The Balaban J connectivity index is 1.87. The van der Waals surface area contributed by atoms with Gasteiger partial charge < -0.3 is 9.64 Å². The van der Waals surface area contributed by atoms with Crippen LogP contribution in [0, 0.1) is 17.6 Å². The fourth-order valence-corrected chi connectivity index (χ4v) is 5.43. The highest BCUT2D eigenvalue weighted by atomic mass is 35.5. The van der Waals surface area contributed by atoms with Crippen LogP contribution in [0.15, 0.2) is 36.4 Å². The van der Waals surface area contributed by atoms with Gasteiger partial charge in [0, 0.05) is 25.6 Å². The Bertz CT molecular complexity index is 1180. The summed E-state index contributed by atoms with van der Waals surface area (Å²) in [5, 5.41) is -0.0925. The Labute approximate surface area is 195 Å². The van der Waals surface area contributed by atoms with Crippen molar-refractivity contribution in [1.29, 1.82) is 0 Å². The molecule has 1 atom stereocenters. The fourth-order valence-electron chi connectivity index (χ4n) is 3.67. The third-order valence-electron chi connectivity index (χ3n) is 5.23. The summed E-state index contributed by atoms with van der Waals surface area (Å²) in [5.41, 5.74) is 0.401. The molecule has 2 aromatic carbocycles. The molecule has 0 saturated carbocycles. The van der Waals surface area contributed by atoms with E-state index in [9.17, 15) is 26.8 Å². The number of anilines is 1. The van der Waals surface area contributed by atoms with Crippen molar-refractivity contribution < 1.29 is 31.5 Å². The number of likely N-dealkylation sites (tertiary alicyclic amines) is 1. The van der Waals surface area contributed by atoms with Crippen molar-refractivity contribution in [1.82, 2.24) is 4.90 Å². The molecule has 11 heteroatoms. The van der Waals surface area contributed by atoms with Crippen LogP contribution in [0.2, 0.25) is 5.02 Å². The van der Waals surface area contributed by atoms with Gasteiger partial charge in [0.2, 0.25) is 21.8 Å². The van der Waals surface area contributed by atoms with Gasteiger partial charge in [-0.05, 0) is 36.2 Å². The van der Waals surface area contributed by atoms with Gasteiger partial charge in [-0.1, -0.05) is 24.6 Å². The number of sulfonamides is 1. The van der Waals surface area contributed by atoms with E-state index in [1.807, 2.05) is 0 Å². The molecule has 1 aliphatic heterocycles. The normalized spacial score (nSPS) is 16.2. The lowest BCUT2D eigenvalue weighted by atomic mass is 10.1. The van der Waals surface area contributed by atoms with Crippen molar-refractivity contribution in [3.05, 3.63) is 58.6 Å². The van der Waals surface area contributed by atoms with Crippen LogP contribution in [0.25, 0.3) is 0 Å². The average molecular weight is 501 g/mol. The second-order valence-electron chi connectivity index (χ2n) is 7.66. The Morgan fingerprint density at radius 2 is 1.94 bits per heavy atom. The molecule has 0 aromatic heterocycles. The van der Waals surface area contributed by atoms with Crippen molar-refractivity contribution >= 4 is 39.1 Å². The number of carbonyl (C=O) groups is 2. The van der Waals surface area contributed by atoms with E-state index < -0.39 is 33.5 Å². The second-order valence-corrected chi connectivity index (χ2v) is 10.0. The van der Waals surface area contributed by atoms with Crippen LogP contribution in [-0.2, 0) is 26.2 Å². The second kappa shape index (κ2) is 10.0. The maximum atomic E-state index is 14.3. The lowest BCUT2D eigenvalue weighted by Crippen LogP contribution is -2.43. The molecule has 3 rings (SSSR count). The van der Waals surface area contributed by atoms with Crippen molar-refractivity contribution in [2.45, 2.75) is 26.3 Å². The summed E-state index contributed by atoms with van der Waals surface area (Å²) in [4.78, 5) is 27.2. The minimum Gasteiger partial charge on any atom is -0.494 e. The molecule has 1 fully saturated rings. The molecule has 0 N–H and O–H groups in total. The number of rotatable bonds is 8. The first-order valence-corrected chi connectivity index (χ1v) is 12.2. The van der Waals surface area contributed by atoms with E-state index in [4.69, 9.17) is 16.3 Å². The molecule has 2 amide bonds. The molecule has 178 valence electrons. The first-order chi connectivity index (χ1) is 15.6. The molecule has 0 radical (unpaired) electrons. The number of benzene rings is 2. The lowest BCUT2D eigenvalue weighted by molar-refractivity contribution is -0.128. The number of methoxy groups -OCH3 is 1. The summed E-state index contributed by atoms with van der Waals surface area (Å²) >= 11 is 5.79. The summed E-state index contributed by atoms with van der Waals surface area (Å²) in [6, 6.07) is 7.47. The molecule has 7 nitrogen and oxygen atoms in total. The molecule has 1 saturated heterocycles. The van der Waals surface area contributed by atoms with Crippen LogP contribution in [0.4, 0.5) is 14.5 Å². The van der Waals surface area contributed by atoms with Gasteiger partial charge in [-0.15, -0.1) is 0 Å². The molecule has 0 aliphatic carbocycles. The lowest BCUT2D eigenvalue weighted by Gasteiger charge is -2.25. The Hall–Kier alpha value is -2.72. The van der Waals surface area contributed by atoms with Crippen LogP contribution in [0.5, 0.6) is 5.75 Å². The zero-order valence-corrected chi connectivity index (χ0v) is 19.6. The predicted octanol–water partition coefficient (Wildman–Crippen LogP) is 3.75. The minimum atomic E-state index is -4.12. The average Bonchev–Trinajstić information content (AvgIpc) is 3.11. The Kier molecular flexibility index (Phi) is 7.58. The number of ether oxygens (including phenoxy) is 1. The van der Waals surface area contributed by atoms with E-state index in [0.717, 1.165) is 6.07 Å². The molecule has 1 aliphatic rings. The van der Waals surface area contributed by atoms with Gasteiger partial charge >= 0.3 is 0 Å². The Morgan fingerprint density at radius 3 is 2.55 bits per heavy atom. The minimum absolute atomic E-state index is 0.0383. The highest BCUT2D eigenvalue weighted by Crippen LogP contribution is 2.30. The molecular formula is C22H23ClF2N2O5S. The predicted molar refractivity (Wildman–Crippen MR) is 119 cm³/mol. The van der Waals surface area contributed by atoms with Crippen molar-refractivity contribution in [3.63, 3.8) is 0 Å². The smallest absolute Gasteiger partial charge is 0.246 e. The summed E-state index contributed by atoms with van der Waals surface area (Å²) < 4.78 is 59.0. The number of halogens is 3. The Morgan fingerprint density at radius 1 is 1.21 bits per heavy atom. The van der Waals surface area contributed by atoms with Crippen LogP contribution in [-0.4, -0.2) is 44.5 Å². The summed E-state index contributed by atoms with van der Waals surface area (Å²) in [6.45, 7) is 1.69. The monoisotopic (exact) mass is 500 g/mol. The van der Waals surface area contributed by atoms with Gasteiger partial charge in [-0.25, -0.2) is 21.5 Å². The third-order valence-corrected chi connectivity index (χ3v) is 7.39. The van der Waals surface area contributed by atoms with E-state index in [2.05, 4.69) is 0 Å². The first kappa shape index (κ1) is 24.9. The van der Waals surface area contributed by atoms with Crippen LogP contribution >= 0.6 is 11.6 Å². The number of hydrogen-bond acceptors (Lipinski definition) is 5. The van der Waals surface area contributed by atoms with Gasteiger partial charge in [-0.2, -0.15) is 0 Å². The highest BCUT2D eigenvalue weighted by molar-refractivity contribution is 7.93. The summed E-state index contributed by atoms with van der Waals surface area (Å²) in [7, 11) is -2.85. The maximum absolute atomic E-state index is 14.3. The quantitative estimate of drug-likeness (QED) is 0.551. The zero-order valence-electron chi connectivity index (χ0n) is 18.1. The molecule has 33 heavy (non-hydrogen) atoms. The summed E-state index contributed by atoms with van der Waals surface area (Å²) in [5.74, 6) is -3.97. The van der Waals surface area contributed by atoms with E-state index in [1.165, 1.54) is 42.3 Å². The topological polar surface area (TPSA) is 84.0 Å². The fraction of sp³-hybridized carbons (Fsp3) is 0.364. The van der Waals surface area contributed by atoms with E-state index in [1.54, 1.807) is 6.92 Å². The molecule has 2 aromatic rings. The first-order valence-electron chi connectivity index (χ1n) is 10.2. The van der Waals surface area contributed by atoms with Crippen molar-refractivity contribution in [2.24, 2.45) is 5.92 Å². The largest absolute Gasteiger partial charge is 0.494 e. The van der Waals surface area contributed by atoms with Crippen molar-refractivity contribution in [3.8, 4) is 5.75 Å². The van der Waals surface area contributed by atoms with E-state index >= 15 is 0 Å². The molecule has 1 unspecified atom stereocenters. The van der Waals surface area contributed by atoms with E-state index in [-0.39, 0.29) is 54.1 Å². The zero-order chi connectivity index (χ0) is 24.3. The van der Waals surface area contributed by atoms with Crippen LogP contribution in [0.1, 0.15) is 25.3 Å². The van der Waals surface area contributed by atoms with Crippen molar-refractivity contribution in [2.75, 3.05) is 23.7 Å². The SMILES string of the molecule is CCCS(=O)(=O)N(C(=O)C1CC(=O)N(Cc2ccc(F)c(Cl)c2)C1)c1ccc(OC)c(F)c1. The van der Waals surface area contributed by atoms with E-state index in [0.29, 0.717) is 9.87 Å². The van der Waals surface area contributed by atoms with Gasteiger partial charge in [0.25, 0.3) is 0 Å². The number of hydrogen-bond donors (Lipinski definition) is 0. The third kappa shape index (κ3) is 5.44. The maximum Gasteiger partial charge on any atom is 0.246 e. The van der Waals surface area contributed by atoms with Crippen LogP contribution in [0.3, 0.4) is 0 Å². The molecule has 1 heterocycles. The molecular weight excluding hydrogens is 478 g/mol.